The number of benzene rings is 5. The highest BCUT2D eigenvalue weighted by atomic mass is 36.0. The maximum atomic E-state index is 9.26. The molecule has 0 fully saturated rings. The SMILES string of the molecule is C.C.C.C.C.CO.COCc1cccnc1-c1ccccc1OC.COCc1cccnc1-c1ccccc1OC.COc1ccccc1-c1ncccc1CCl.COc1ccccc1-c1ncccc1CO.COc1ccccc1B(O)O.O=S(Cl)Cl.OCc1cccnc1Cl. The van der Waals surface area contributed by atoms with Crippen molar-refractivity contribution in [2.75, 3.05) is 56.9 Å². The fourth-order valence-corrected chi connectivity index (χ4v) is 8.68. The molecule has 526 valence electrons. The molecule has 0 aliphatic carbocycles. The number of hydrogen-bond acceptors (Lipinski definition) is 18. The summed E-state index contributed by atoms with van der Waals surface area (Å²) in [4.78, 5) is 21.2. The molecular weight excluding hydrogens is 1340 g/mol. The number of nitrogens with zero attached hydrogens (tertiary/aromatic N) is 5. The van der Waals surface area contributed by atoms with E-state index in [4.69, 9.17) is 80.8 Å². The lowest BCUT2D eigenvalue weighted by Gasteiger charge is -2.11. The third-order valence-corrected chi connectivity index (χ3v) is 13.0. The molecular formula is C73H94BCl4N5O13S. The summed E-state index contributed by atoms with van der Waals surface area (Å²) in [6.07, 6.45) is 8.61. The lowest BCUT2D eigenvalue weighted by Crippen LogP contribution is -2.30. The fraction of sp³-hybridized carbons (Fsp3) is 0.247. The van der Waals surface area contributed by atoms with E-state index in [0.717, 1.165) is 97.4 Å². The smallest absolute Gasteiger partial charge is 0.492 e. The van der Waals surface area contributed by atoms with Crippen molar-refractivity contribution in [2.45, 2.75) is 69.4 Å². The first-order chi connectivity index (χ1) is 44.8. The molecule has 0 spiro atoms. The molecule has 97 heavy (non-hydrogen) atoms. The van der Waals surface area contributed by atoms with Crippen LogP contribution in [-0.4, -0.2) is 118 Å². The minimum absolute atomic E-state index is 0. The summed E-state index contributed by atoms with van der Waals surface area (Å²) in [5.74, 6) is 4.15. The van der Waals surface area contributed by atoms with Gasteiger partial charge in [-0.3, -0.25) is 19.9 Å². The minimum Gasteiger partial charge on any atom is -0.497 e. The molecule has 5 aromatic carbocycles. The van der Waals surface area contributed by atoms with Crippen molar-refractivity contribution in [3.8, 4) is 73.8 Å². The molecule has 0 unspecified atom stereocenters. The van der Waals surface area contributed by atoms with Crippen LogP contribution in [0, 0.1) is 0 Å². The van der Waals surface area contributed by atoms with Gasteiger partial charge in [0.25, 0.3) is 0 Å². The highest BCUT2D eigenvalue weighted by Crippen LogP contribution is 2.34. The molecule has 24 heteroatoms. The first-order valence-electron chi connectivity index (χ1n) is 27.6. The number of pyridine rings is 5. The van der Waals surface area contributed by atoms with E-state index in [9.17, 15) is 5.11 Å². The van der Waals surface area contributed by atoms with E-state index in [0.29, 0.717) is 41.0 Å². The van der Waals surface area contributed by atoms with Gasteiger partial charge in [0, 0.05) is 130 Å². The minimum atomic E-state index is -1.67. The van der Waals surface area contributed by atoms with Gasteiger partial charge in [-0.2, -0.15) is 0 Å². The summed E-state index contributed by atoms with van der Waals surface area (Å²) in [5.41, 5.74) is 12.3. The Morgan fingerprint density at radius 3 is 0.907 bits per heavy atom. The molecule has 5 aromatic heterocycles. The zero-order valence-electron chi connectivity index (χ0n) is 52.0. The largest absolute Gasteiger partial charge is 0.497 e. The molecule has 0 aliphatic rings. The van der Waals surface area contributed by atoms with Crippen LogP contribution in [0.1, 0.15) is 65.0 Å². The van der Waals surface area contributed by atoms with E-state index in [2.05, 4.69) is 46.3 Å². The van der Waals surface area contributed by atoms with E-state index >= 15 is 0 Å². The van der Waals surface area contributed by atoms with Crippen molar-refractivity contribution in [3.05, 3.63) is 246 Å². The maximum absolute atomic E-state index is 9.26. The Bertz CT molecular complexity index is 3440. The Balaban J connectivity index is -0.00000107. The Kier molecular flexibility index (Phi) is 52.8. The number of rotatable bonds is 17. The van der Waals surface area contributed by atoms with Crippen molar-refractivity contribution in [1.82, 2.24) is 24.9 Å². The van der Waals surface area contributed by atoms with Crippen molar-refractivity contribution >= 4 is 66.4 Å². The Morgan fingerprint density at radius 2 is 0.639 bits per heavy atom. The van der Waals surface area contributed by atoms with Gasteiger partial charge in [0.2, 0.25) is 9.23 Å². The lowest BCUT2D eigenvalue weighted by atomic mass is 9.80. The Hall–Kier alpha value is -8.06. The second-order valence-electron chi connectivity index (χ2n) is 17.9. The van der Waals surface area contributed by atoms with Gasteiger partial charge < -0.3 is 58.5 Å². The van der Waals surface area contributed by atoms with Gasteiger partial charge in [0.1, 0.15) is 33.9 Å². The average Bonchev–Trinajstić information content (AvgIpc) is 1.16. The van der Waals surface area contributed by atoms with E-state index in [1.54, 1.807) is 110 Å². The molecule has 0 radical (unpaired) electrons. The van der Waals surface area contributed by atoms with Gasteiger partial charge in [-0.15, -0.1) is 11.6 Å². The highest BCUT2D eigenvalue weighted by Gasteiger charge is 2.16. The predicted molar refractivity (Wildman–Crippen MR) is 401 cm³/mol. The van der Waals surface area contributed by atoms with Gasteiger partial charge >= 0.3 is 7.12 Å². The summed E-state index contributed by atoms with van der Waals surface area (Å²) < 4.78 is 45.6. The van der Waals surface area contributed by atoms with Crippen LogP contribution < -0.4 is 29.1 Å². The molecule has 18 nitrogen and oxygen atoms in total. The lowest BCUT2D eigenvalue weighted by molar-refractivity contribution is 0.185. The van der Waals surface area contributed by atoms with Gasteiger partial charge in [-0.05, 0) is 90.5 Å². The number of aliphatic hydroxyl groups excluding tert-OH is 3. The number of aromatic nitrogens is 5. The van der Waals surface area contributed by atoms with Gasteiger partial charge in [0.05, 0.1) is 84.8 Å². The van der Waals surface area contributed by atoms with Crippen molar-refractivity contribution in [3.63, 3.8) is 0 Å². The monoisotopic (exact) mass is 1430 g/mol. The molecule has 0 bridgehead atoms. The molecule has 0 aliphatic heterocycles. The third kappa shape index (κ3) is 31.4. The zero-order chi connectivity index (χ0) is 67.5. The number of hydrogen-bond donors (Lipinski definition) is 5. The standard InChI is InChI=1S/2C14H15NO2.C13H12ClNO.C13H13NO2.C7H9BO3.C6H6ClNO.CH4O.5CH4.Cl2OS/c2*1-16-10-11-6-5-9-15-14(11)12-7-3-4-8-13(12)17-2;1-16-12-7-3-2-6-11(12)13-10(9-14)5-4-8-15-13;1-16-12-7-3-2-6-11(12)13-10(9-15)5-4-8-14-13;1-11-7-5-3-2-4-6(7)8(9)10;7-6-5(4-9)2-1-3-8-6;1-2;;;;;;1-4(2)3/h2*3-9H,10H2,1-2H3;2-8H,9H2,1H3;2-8,15H,9H2,1H3;2-5,9-10H,1H3;1-3,9H,4H2;2H,1H3;5*1H4;. The van der Waals surface area contributed by atoms with Crippen molar-refractivity contribution in [2.24, 2.45) is 0 Å². The van der Waals surface area contributed by atoms with E-state index in [1.807, 2.05) is 146 Å². The van der Waals surface area contributed by atoms with E-state index in [-0.39, 0.29) is 50.3 Å². The summed E-state index contributed by atoms with van der Waals surface area (Å²) >= 11 is 11.4. The zero-order valence-corrected chi connectivity index (χ0v) is 55.8. The molecule has 0 amide bonds. The van der Waals surface area contributed by atoms with Crippen LogP contribution in [0.3, 0.4) is 0 Å². The molecule has 5 N–H and O–H groups in total. The number of methoxy groups -OCH3 is 7. The normalized spacial score (nSPS) is 9.30. The second-order valence-corrected chi connectivity index (χ2v) is 21.1. The Labute approximate surface area is 596 Å². The maximum Gasteiger partial charge on any atom is 0.492 e. The van der Waals surface area contributed by atoms with Crippen LogP contribution in [0.5, 0.6) is 28.7 Å². The summed E-state index contributed by atoms with van der Waals surface area (Å²) in [6, 6.07) is 56.7. The van der Waals surface area contributed by atoms with E-state index < -0.39 is 16.3 Å². The van der Waals surface area contributed by atoms with Gasteiger partial charge in [-0.1, -0.05) is 146 Å². The number of ether oxygens (including phenoxy) is 7. The summed E-state index contributed by atoms with van der Waals surface area (Å²) in [6.45, 7) is 1.01. The summed E-state index contributed by atoms with van der Waals surface area (Å²) in [5, 5.41) is 42.9. The average molecular weight is 1430 g/mol. The quantitative estimate of drug-likeness (QED) is 0.0246. The first kappa shape index (κ1) is 93.1. The molecule has 0 atom stereocenters. The van der Waals surface area contributed by atoms with Gasteiger partial charge in [-0.25, -0.2) is 9.19 Å². The van der Waals surface area contributed by atoms with E-state index in [1.165, 1.54) is 7.11 Å². The van der Waals surface area contributed by atoms with Crippen LogP contribution in [0.25, 0.3) is 45.0 Å². The van der Waals surface area contributed by atoms with Crippen LogP contribution in [-0.2, 0) is 51.0 Å². The second kappa shape index (κ2) is 55.0. The topological polar surface area (TPSA) is 247 Å². The van der Waals surface area contributed by atoms with Crippen LogP contribution >= 0.6 is 44.6 Å². The predicted octanol–water partition coefficient (Wildman–Crippen LogP) is 16.0. The van der Waals surface area contributed by atoms with Gasteiger partial charge in [0.15, 0.2) is 0 Å². The highest BCUT2D eigenvalue weighted by molar-refractivity contribution is 8.26. The first-order valence-corrected chi connectivity index (χ1v) is 31.3. The number of aliphatic hydroxyl groups is 3. The molecule has 0 saturated heterocycles. The molecule has 10 aromatic rings. The third-order valence-electron chi connectivity index (χ3n) is 12.4. The Morgan fingerprint density at radius 1 is 0.381 bits per heavy atom. The fourth-order valence-electron chi connectivity index (χ4n) is 8.28. The number of halogens is 4. The van der Waals surface area contributed by atoms with Crippen molar-refractivity contribution in [1.29, 1.82) is 0 Å². The van der Waals surface area contributed by atoms with Crippen molar-refractivity contribution < 1.29 is 62.7 Å². The molecule has 10 rings (SSSR count). The molecule has 5 heterocycles. The van der Waals surface area contributed by atoms with Crippen LogP contribution in [0.4, 0.5) is 0 Å². The van der Waals surface area contributed by atoms with Crippen LogP contribution in [0.15, 0.2) is 213 Å². The number of alkyl halides is 1. The number of para-hydroxylation sites is 5. The molecule has 0 saturated carbocycles. The van der Waals surface area contributed by atoms with Crippen LogP contribution in [0.2, 0.25) is 5.15 Å². The summed E-state index contributed by atoms with van der Waals surface area (Å²) in [7, 11) is 18.3.